The lowest BCUT2D eigenvalue weighted by atomic mass is 10.0. The second kappa shape index (κ2) is 4.19. The van der Waals surface area contributed by atoms with E-state index in [1.54, 1.807) is 17.6 Å². The molecule has 5 heteroatoms. The third kappa shape index (κ3) is 1.62. The SMILES string of the molecule is c1cc2c(o1)CCc1sc(C3CNCCO3)nc1-2. The number of rotatable bonds is 1. The van der Waals surface area contributed by atoms with Gasteiger partial charge in [-0.1, -0.05) is 0 Å². The number of hydrogen-bond acceptors (Lipinski definition) is 5. The minimum atomic E-state index is 0.115. The van der Waals surface area contributed by atoms with Crippen LogP contribution in [0.4, 0.5) is 0 Å². The highest BCUT2D eigenvalue weighted by Crippen LogP contribution is 2.39. The van der Waals surface area contributed by atoms with Gasteiger partial charge in [0.2, 0.25) is 0 Å². The fourth-order valence-corrected chi connectivity index (χ4v) is 3.71. The Morgan fingerprint density at radius 1 is 1.39 bits per heavy atom. The van der Waals surface area contributed by atoms with Gasteiger partial charge >= 0.3 is 0 Å². The van der Waals surface area contributed by atoms with Crippen molar-refractivity contribution in [3.63, 3.8) is 0 Å². The molecule has 94 valence electrons. The highest BCUT2D eigenvalue weighted by Gasteiger charge is 2.26. The van der Waals surface area contributed by atoms with Crippen molar-refractivity contribution >= 4 is 11.3 Å². The zero-order valence-electron chi connectivity index (χ0n) is 9.94. The third-order valence-corrected chi connectivity index (χ3v) is 4.70. The Morgan fingerprint density at radius 2 is 2.39 bits per heavy atom. The minimum absolute atomic E-state index is 0.115. The highest BCUT2D eigenvalue weighted by molar-refractivity contribution is 7.12. The molecule has 2 aromatic heterocycles. The molecular weight excluding hydrogens is 248 g/mol. The number of nitrogens with one attached hydrogen (secondary N) is 1. The molecule has 4 rings (SSSR count). The molecule has 0 aromatic carbocycles. The molecule has 1 fully saturated rings. The van der Waals surface area contributed by atoms with Crippen LogP contribution >= 0.6 is 11.3 Å². The van der Waals surface area contributed by atoms with Crippen LogP contribution in [0.25, 0.3) is 11.3 Å². The standard InChI is InChI=1S/C13H14N2O2S/c1-2-11-12(8-3-5-16-9(1)8)15-13(18-11)10-7-14-4-6-17-10/h3,5,10,14H,1-2,4,6-7H2. The molecule has 18 heavy (non-hydrogen) atoms. The van der Waals surface area contributed by atoms with E-state index in [1.807, 2.05) is 6.07 Å². The van der Waals surface area contributed by atoms with Crippen LogP contribution < -0.4 is 5.32 Å². The number of morpholine rings is 1. The molecule has 0 amide bonds. The van der Waals surface area contributed by atoms with E-state index in [1.165, 1.54) is 10.4 Å². The van der Waals surface area contributed by atoms with Gasteiger partial charge in [0.1, 0.15) is 16.9 Å². The number of fused-ring (bicyclic) bond motifs is 3. The summed E-state index contributed by atoms with van der Waals surface area (Å²) in [5, 5.41) is 4.45. The maximum Gasteiger partial charge on any atom is 0.124 e. The van der Waals surface area contributed by atoms with Gasteiger partial charge in [-0.25, -0.2) is 4.98 Å². The largest absolute Gasteiger partial charge is 0.469 e. The molecule has 4 nitrogen and oxygen atoms in total. The Morgan fingerprint density at radius 3 is 3.28 bits per heavy atom. The van der Waals surface area contributed by atoms with Crippen LogP contribution in [-0.4, -0.2) is 24.7 Å². The van der Waals surface area contributed by atoms with Gasteiger partial charge in [0.05, 0.1) is 18.6 Å². The number of nitrogens with zero attached hydrogens (tertiary/aromatic N) is 1. The van der Waals surface area contributed by atoms with E-state index < -0.39 is 0 Å². The molecule has 0 spiro atoms. The lowest BCUT2D eigenvalue weighted by Crippen LogP contribution is -2.33. The predicted octanol–water partition coefficient (Wildman–Crippen LogP) is 2.16. The van der Waals surface area contributed by atoms with Crippen molar-refractivity contribution in [3.8, 4) is 11.3 Å². The molecule has 1 unspecified atom stereocenters. The number of hydrogen-bond donors (Lipinski definition) is 1. The summed E-state index contributed by atoms with van der Waals surface area (Å²) in [6, 6.07) is 2.02. The van der Waals surface area contributed by atoms with Crippen LogP contribution in [0.5, 0.6) is 0 Å². The predicted molar refractivity (Wildman–Crippen MR) is 68.8 cm³/mol. The van der Waals surface area contributed by atoms with Crippen molar-refractivity contribution in [3.05, 3.63) is 28.0 Å². The summed E-state index contributed by atoms with van der Waals surface area (Å²) in [4.78, 5) is 6.15. The van der Waals surface area contributed by atoms with Crippen LogP contribution in [0.15, 0.2) is 16.7 Å². The number of furan rings is 1. The molecule has 2 aliphatic rings. The fraction of sp³-hybridized carbons (Fsp3) is 0.462. The maximum absolute atomic E-state index is 5.77. The molecule has 0 radical (unpaired) electrons. The average Bonchev–Trinajstić information content (AvgIpc) is 3.05. The number of ether oxygens (including phenoxy) is 1. The summed E-state index contributed by atoms with van der Waals surface area (Å²) in [6.45, 7) is 2.57. The van der Waals surface area contributed by atoms with E-state index in [-0.39, 0.29) is 6.10 Å². The molecular formula is C13H14N2O2S. The highest BCUT2D eigenvalue weighted by atomic mass is 32.1. The molecule has 1 aliphatic heterocycles. The van der Waals surface area contributed by atoms with Gasteiger partial charge < -0.3 is 14.5 Å². The van der Waals surface area contributed by atoms with Crippen molar-refractivity contribution in [1.29, 1.82) is 0 Å². The van der Waals surface area contributed by atoms with Crippen LogP contribution in [-0.2, 0) is 17.6 Å². The van der Waals surface area contributed by atoms with Gasteiger partial charge in [-0.05, 0) is 12.5 Å². The lowest BCUT2D eigenvalue weighted by molar-refractivity contribution is 0.0276. The molecule has 1 aliphatic carbocycles. The summed E-state index contributed by atoms with van der Waals surface area (Å²) in [5.41, 5.74) is 2.28. The number of thiazole rings is 1. The molecule has 2 aromatic rings. The molecule has 0 saturated carbocycles. The van der Waals surface area contributed by atoms with E-state index in [2.05, 4.69) is 5.32 Å². The van der Waals surface area contributed by atoms with Crippen molar-refractivity contribution in [2.45, 2.75) is 18.9 Å². The summed E-state index contributed by atoms with van der Waals surface area (Å²) in [6.07, 6.45) is 3.90. The first-order valence-corrected chi connectivity index (χ1v) is 7.12. The van der Waals surface area contributed by atoms with Gasteiger partial charge in [0.25, 0.3) is 0 Å². The van der Waals surface area contributed by atoms with E-state index in [0.29, 0.717) is 0 Å². The number of aromatic nitrogens is 1. The monoisotopic (exact) mass is 262 g/mol. The van der Waals surface area contributed by atoms with E-state index in [4.69, 9.17) is 14.1 Å². The van der Waals surface area contributed by atoms with Gasteiger partial charge in [-0.15, -0.1) is 11.3 Å². The van der Waals surface area contributed by atoms with Crippen LogP contribution in [0.2, 0.25) is 0 Å². The first kappa shape index (κ1) is 10.7. The van der Waals surface area contributed by atoms with Crippen molar-refractivity contribution in [2.24, 2.45) is 0 Å². The van der Waals surface area contributed by atoms with E-state index >= 15 is 0 Å². The normalized spacial score (nSPS) is 22.6. The first-order chi connectivity index (χ1) is 8.92. The Balaban J connectivity index is 1.73. The fourth-order valence-electron chi connectivity index (χ4n) is 2.58. The summed E-state index contributed by atoms with van der Waals surface area (Å²) in [5.74, 6) is 1.07. The third-order valence-electron chi connectivity index (χ3n) is 3.50. The van der Waals surface area contributed by atoms with E-state index in [0.717, 1.165) is 49.0 Å². The smallest absolute Gasteiger partial charge is 0.124 e. The van der Waals surface area contributed by atoms with Gasteiger partial charge in [-0.3, -0.25) is 0 Å². The Kier molecular flexibility index (Phi) is 2.50. The second-order valence-corrected chi connectivity index (χ2v) is 5.76. The molecule has 1 saturated heterocycles. The topological polar surface area (TPSA) is 47.3 Å². The molecule has 1 N–H and O–H groups in total. The summed E-state index contributed by atoms with van der Waals surface area (Å²) < 4.78 is 11.3. The van der Waals surface area contributed by atoms with Crippen LogP contribution in [0.1, 0.15) is 21.7 Å². The average molecular weight is 262 g/mol. The Labute approximate surface area is 109 Å². The van der Waals surface area contributed by atoms with Crippen molar-refractivity contribution in [2.75, 3.05) is 19.7 Å². The summed E-state index contributed by atoms with van der Waals surface area (Å²) >= 11 is 1.79. The molecule has 0 bridgehead atoms. The number of aryl methyl sites for hydroxylation is 2. The van der Waals surface area contributed by atoms with Crippen molar-refractivity contribution < 1.29 is 9.15 Å². The van der Waals surface area contributed by atoms with Gasteiger partial charge in [0.15, 0.2) is 0 Å². The molecule has 3 heterocycles. The van der Waals surface area contributed by atoms with Crippen LogP contribution in [0, 0.1) is 0 Å². The second-order valence-electron chi connectivity index (χ2n) is 4.64. The lowest BCUT2D eigenvalue weighted by Gasteiger charge is -2.21. The van der Waals surface area contributed by atoms with Crippen LogP contribution in [0.3, 0.4) is 0 Å². The van der Waals surface area contributed by atoms with Gasteiger partial charge in [0, 0.05) is 30.0 Å². The minimum Gasteiger partial charge on any atom is -0.469 e. The van der Waals surface area contributed by atoms with E-state index in [9.17, 15) is 0 Å². The zero-order chi connectivity index (χ0) is 11.9. The molecule has 1 atom stereocenters. The first-order valence-electron chi connectivity index (χ1n) is 6.30. The maximum atomic E-state index is 5.77. The van der Waals surface area contributed by atoms with Crippen molar-refractivity contribution in [1.82, 2.24) is 10.3 Å². The zero-order valence-corrected chi connectivity index (χ0v) is 10.8. The Bertz CT molecular complexity index is 569. The Hall–Kier alpha value is -1.17. The summed E-state index contributed by atoms with van der Waals surface area (Å²) in [7, 11) is 0. The quantitative estimate of drug-likeness (QED) is 0.855. The van der Waals surface area contributed by atoms with Gasteiger partial charge in [-0.2, -0.15) is 0 Å².